The number of carboxylic acid groups (broad SMARTS) is 1. The summed E-state index contributed by atoms with van der Waals surface area (Å²) in [5.74, 6) is -1.48. The minimum Gasteiger partial charge on any atom is -0.478 e. The minimum atomic E-state index is -0.974. The number of aromatic carboxylic acids is 1. The number of halogens is 1. The Morgan fingerprint density at radius 1 is 1.12 bits per heavy atom. The van der Waals surface area contributed by atoms with E-state index >= 15 is 0 Å². The molecule has 2 N–H and O–H groups in total. The van der Waals surface area contributed by atoms with Crippen LogP contribution in [0.3, 0.4) is 0 Å². The van der Waals surface area contributed by atoms with Gasteiger partial charge in [-0.3, -0.25) is 4.79 Å². The number of carbonyl (C=O) groups is 2. The van der Waals surface area contributed by atoms with Gasteiger partial charge in [-0.05, 0) is 55.7 Å². The number of rotatable bonds is 6. The Morgan fingerprint density at radius 3 is 2.42 bits per heavy atom. The summed E-state index contributed by atoms with van der Waals surface area (Å²) in [5.41, 5.74) is 1.02. The fourth-order valence-electron chi connectivity index (χ4n) is 2.40. The van der Waals surface area contributed by atoms with E-state index in [1.165, 1.54) is 18.2 Å². The quantitative estimate of drug-likeness (QED) is 0.855. The number of benzene rings is 2. The van der Waals surface area contributed by atoms with Crippen LogP contribution in [0.4, 0.5) is 4.39 Å². The zero-order valence-electron chi connectivity index (χ0n) is 13.7. The molecule has 0 aromatic heterocycles. The Bertz CT molecular complexity index is 739. The topological polar surface area (TPSA) is 66.4 Å². The van der Waals surface area contributed by atoms with Crippen LogP contribution < -0.4 is 5.32 Å². The highest BCUT2D eigenvalue weighted by molar-refractivity contribution is 5.88. The highest BCUT2D eigenvalue weighted by Gasteiger charge is 2.29. The molecule has 0 saturated carbocycles. The van der Waals surface area contributed by atoms with Crippen LogP contribution in [0.25, 0.3) is 0 Å². The van der Waals surface area contributed by atoms with Crippen LogP contribution >= 0.6 is 0 Å². The molecule has 0 saturated heterocycles. The Kier molecular flexibility index (Phi) is 5.34. The van der Waals surface area contributed by atoms with Crippen molar-refractivity contribution in [2.24, 2.45) is 0 Å². The van der Waals surface area contributed by atoms with Crippen molar-refractivity contribution in [2.45, 2.75) is 25.7 Å². The second-order valence-electron chi connectivity index (χ2n) is 6.14. The average molecular weight is 329 g/mol. The van der Waals surface area contributed by atoms with Crippen molar-refractivity contribution in [2.75, 3.05) is 6.54 Å². The normalized spacial score (nSPS) is 11.1. The van der Waals surface area contributed by atoms with E-state index in [1.54, 1.807) is 38.1 Å². The summed E-state index contributed by atoms with van der Waals surface area (Å²) in [4.78, 5) is 23.4. The number of nitrogens with one attached hydrogen (secondary N) is 1. The lowest BCUT2D eigenvalue weighted by atomic mass is 9.83. The van der Waals surface area contributed by atoms with E-state index in [0.717, 1.165) is 11.1 Å². The van der Waals surface area contributed by atoms with E-state index in [4.69, 9.17) is 5.11 Å². The van der Waals surface area contributed by atoms with Gasteiger partial charge in [-0.25, -0.2) is 9.18 Å². The van der Waals surface area contributed by atoms with Crippen molar-refractivity contribution in [1.29, 1.82) is 0 Å². The molecule has 0 atom stereocenters. The molecule has 0 heterocycles. The van der Waals surface area contributed by atoms with E-state index in [0.29, 0.717) is 13.0 Å². The Morgan fingerprint density at radius 2 is 1.79 bits per heavy atom. The molecular formula is C19H20FNO3. The number of carboxylic acids is 1. The first-order valence-corrected chi connectivity index (χ1v) is 7.67. The maximum absolute atomic E-state index is 13.0. The van der Waals surface area contributed by atoms with Crippen LogP contribution in [-0.2, 0) is 16.6 Å². The summed E-state index contributed by atoms with van der Waals surface area (Å²) in [6, 6.07) is 12.5. The van der Waals surface area contributed by atoms with Crippen LogP contribution in [0, 0.1) is 5.82 Å². The molecule has 2 rings (SSSR count). The van der Waals surface area contributed by atoms with Crippen molar-refractivity contribution in [3.05, 3.63) is 71.0 Å². The molecule has 0 aliphatic rings. The van der Waals surface area contributed by atoms with Gasteiger partial charge in [-0.2, -0.15) is 0 Å². The van der Waals surface area contributed by atoms with Gasteiger partial charge in [0.2, 0.25) is 5.91 Å². The fourth-order valence-corrected chi connectivity index (χ4v) is 2.40. The van der Waals surface area contributed by atoms with Crippen LogP contribution in [0.5, 0.6) is 0 Å². The van der Waals surface area contributed by atoms with Crippen molar-refractivity contribution in [3.63, 3.8) is 0 Å². The third-order valence-electron chi connectivity index (χ3n) is 4.01. The van der Waals surface area contributed by atoms with Gasteiger partial charge in [0, 0.05) is 6.54 Å². The third kappa shape index (κ3) is 4.19. The first-order valence-electron chi connectivity index (χ1n) is 7.67. The Hall–Kier alpha value is -2.69. The van der Waals surface area contributed by atoms with E-state index in [1.807, 2.05) is 6.07 Å². The standard InChI is InChI=1S/C19H20FNO3/c1-19(2,15-6-8-16(20)9-7-15)18(24)21-11-10-13-4-3-5-14(12-13)17(22)23/h3-9,12H,10-11H2,1-2H3,(H,21,24)(H,22,23). The molecule has 0 fully saturated rings. The molecule has 4 nitrogen and oxygen atoms in total. The molecule has 1 amide bonds. The number of amides is 1. The lowest BCUT2D eigenvalue weighted by molar-refractivity contribution is -0.125. The van der Waals surface area contributed by atoms with Gasteiger partial charge < -0.3 is 10.4 Å². The zero-order valence-corrected chi connectivity index (χ0v) is 13.7. The van der Waals surface area contributed by atoms with E-state index in [2.05, 4.69) is 5.32 Å². The maximum Gasteiger partial charge on any atom is 0.335 e. The van der Waals surface area contributed by atoms with Gasteiger partial charge in [0.1, 0.15) is 5.82 Å². The van der Waals surface area contributed by atoms with Gasteiger partial charge in [0.15, 0.2) is 0 Å². The Balaban J connectivity index is 1.96. The summed E-state index contributed by atoms with van der Waals surface area (Å²) in [7, 11) is 0. The lowest BCUT2D eigenvalue weighted by Gasteiger charge is -2.24. The van der Waals surface area contributed by atoms with Gasteiger partial charge in [-0.15, -0.1) is 0 Å². The van der Waals surface area contributed by atoms with Gasteiger partial charge >= 0.3 is 5.97 Å². The smallest absolute Gasteiger partial charge is 0.335 e. The minimum absolute atomic E-state index is 0.163. The molecule has 0 aliphatic heterocycles. The van der Waals surface area contributed by atoms with Crippen LogP contribution in [0.15, 0.2) is 48.5 Å². The molecule has 24 heavy (non-hydrogen) atoms. The first kappa shape index (κ1) is 17.7. The molecule has 2 aromatic rings. The average Bonchev–Trinajstić information content (AvgIpc) is 2.55. The number of carbonyl (C=O) groups excluding carboxylic acids is 1. The summed E-state index contributed by atoms with van der Waals surface area (Å²) in [5, 5.41) is 11.8. The first-order chi connectivity index (χ1) is 11.3. The van der Waals surface area contributed by atoms with Crippen molar-refractivity contribution < 1.29 is 19.1 Å². The van der Waals surface area contributed by atoms with Crippen molar-refractivity contribution in [1.82, 2.24) is 5.32 Å². The highest BCUT2D eigenvalue weighted by atomic mass is 19.1. The van der Waals surface area contributed by atoms with Crippen molar-refractivity contribution in [3.8, 4) is 0 Å². The fraction of sp³-hybridized carbons (Fsp3) is 0.263. The molecule has 0 unspecified atom stereocenters. The molecular weight excluding hydrogens is 309 g/mol. The maximum atomic E-state index is 13.0. The van der Waals surface area contributed by atoms with Crippen molar-refractivity contribution >= 4 is 11.9 Å². The summed E-state index contributed by atoms with van der Waals surface area (Å²) in [6.45, 7) is 3.95. The predicted octanol–water partition coefficient (Wildman–Crippen LogP) is 3.16. The largest absolute Gasteiger partial charge is 0.478 e. The van der Waals surface area contributed by atoms with Gasteiger partial charge in [-0.1, -0.05) is 24.3 Å². The molecule has 5 heteroatoms. The number of hydrogen-bond acceptors (Lipinski definition) is 2. The van der Waals surface area contributed by atoms with E-state index in [9.17, 15) is 14.0 Å². The SMILES string of the molecule is CC(C)(C(=O)NCCc1cccc(C(=O)O)c1)c1ccc(F)cc1. The molecule has 2 aromatic carbocycles. The van der Waals surface area contributed by atoms with Gasteiger partial charge in [0.25, 0.3) is 0 Å². The number of hydrogen-bond donors (Lipinski definition) is 2. The predicted molar refractivity (Wildman–Crippen MR) is 89.5 cm³/mol. The lowest BCUT2D eigenvalue weighted by Crippen LogP contribution is -2.40. The third-order valence-corrected chi connectivity index (χ3v) is 4.01. The van der Waals surface area contributed by atoms with Crippen LogP contribution in [-0.4, -0.2) is 23.5 Å². The van der Waals surface area contributed by atoms with Crippen LogP contribution in [0.2, 0.25) is 0 Å². The molecule has 0 bridgehead atoms. The second-order valence-corrected chi connectivity index (χ2v) is 6.14. The summed E-state index contributed by atoms with van der Waals surface area (Å²) in [6.07, 6.45) is 0.534. The second kappa shape index (κ2) is 7.25. The van der Waals surface area contributed by atoms with E-state index < -0.39 is 11.4 Å². The van der Waals surface area contributed by atoms with Gasteiger partial charge in [0.05, 0.1) is 11.0 Å². The van der Waals surface area contributed by atoms with E-state index in [-0.39, 0.29) is 17.3 Å². The Labute approximate surface area is 140 Å². The monoisotopic (exact) mass is 329 g/mol. The summed E-state index contributed by atoms with van der Waals surface area (Å²) < 4.78 is 13.0. The van der Waals surface area contributed by atoms with Crippen LogP contribution in [0.1, 0.15) is 35.3 Å². The highest BCUT2D eigenvalue weighted by Crippen LogP contribution is 2.23. The molecule has 0 aliphatic carbocycles. The molecule has 126 valence electrons. The molecule has 0 spiro atoms. The zero-order chi connectivity index (χ0) is 17.7. The molecule has 0 radical (unpaired) electrons. The summed E-state index contributed by atoms with van der Waals surface area (Å²) >= 11 is 0.